The smallest absolute Gasteiger partial charge is 0.252 e. The van der Waals surface area contributed by atoms with Gasteiger partial charge in [0, 0.05) is 52.9 Å². The van der Waals surface area contributed by atoms with Gasteiger partial charge >= 0.3 is 0 Å². The second-order valence-electron chi connectivity index (χ2n) is 8.60. The van der Waals surface area contributed by atoms with Gasteiger partial charge in [0.2, 0.25) is 0 Å². The zero-order valence-corrected chi connectivity index (χ0v) is 19.8. The maximum absolute atomic E-state index is 13.3. The van der Waals surface area contributed by atoms with Crippen LogP contribution in [0.3, 0.4) is 0 Å². The van der Waals surface area contributed by atoms with Crippen molar-refractivity contribution in [2.45, 2.75) is 70.1 Å². The fraction of sp³-hybridized carbons (Fsp3) is 0.720. The van der Waals surface area contributed by atoms with Crippen molar-refractivity contribution in [1.29, 1.82) is 0 Å². The van der Waals surface area contributed by atoms with Crippen molar-refractivity contribution in [2.75, 3.05) is 47.3 Å². The van der Waals surface area contributed by atoms with Gasteiger partial charge in [-0.2, -0.15) is 0 Å². The molecule has 32 heavy (non-hydrogen) atoms. The Labute approximate surface area is 192 Å². The van der Waals surface area contributed by atoms with E-state index in [2.05, 4.69) is 6.92 Å². The van der Waals surface area contributed by atoms with E-state index < -0.39 is 0 Å². The molecule has 1 heterocycles. The molecule has 1 aromatic carbocycles. The molecule has 2 fully saturated rings. The van der Waals surface area contributed by atoms with Crippen LogP contribution in [0.25, 0.3) is 0 Å². The summed E-state index contributed by atoms with van der Waals surface area (Å²) < 4.78 is 28.1. The van der Waals surface area contributed by atoms with Crippen LogP contribution in [0, 0.1) is 0 Å². The lowest BCUT2D eigenvalue weighted by Gasteiger charge is -2.34. The molecule has 7 nitrogen and oxygen atoms in total. The summed E-state index contributed by atoms with van der Waals surface area (Å²) in [4.78, 5) is 15.4. The molecule has 0 radical (unpaired) electrons. The third-order valence-electron chi connectivity index (χ3n) is 6.02. The molecule has 1 aliphatic carbocycles. The van der Waals surface area contributed by atoms with Crippen molar-refractivity contribution in [3.05, 3.63) is 23.8 Å². The minimum atomic E-state index is -0.306. The van der Waals surface area contributed by atoms with Gasteiger partial charge in [-0.1, -0.05) is 6.07 Å². The second-order valence-corrected chi connectivity index (χ2v) is 8.60. The standard InChI is InChI=1S/C25H39NO6/c1-19(26(21-10-11-21)25(27)23-8-4-5-15-31-23)20-9-12-22(30-16-6-13-28-2)24(18-20)32-17-7-14-29-3/h9,12,18-19,21,23H,4-8,10-11,13-17H2,1-3H3/t19-,23-/m1/s1. The van der Waals surface area contributed by atoms with Gasteiger partial charge in [0.05, 0.1) is 19.3 Å². The molecular formula is C25H39NO6. The van der Waals surface area contributed by atoms with Gasteiger partial charge in [0.15, 0.2) is 11.5 Å². The van der Waals surface area contributed by atoms with E-state index in [0.29, 0.717) is 44.8 Å². The summed E-state index contributed by atoms with van der Waals surface area (Å²) in [7, 11) is 3.37. The van der Waals surface area contributed by atoms with Crippen LogP contribution >= 0.6 is 0 Å². The molecule has 0 bridgehead atoms. The van der Waals surface area contributed by atoms with Crippen LogP contribution in [0.2, 0.25) is 0 Å². The third-order valence-corrected chi connectivity index (χ3v) is 6.02. The Balaban J connectivity index is 1.73. The first-order valence-electron chi connectivity index (χ1n) is 12.0. The summed E-state index contributed by atoms with van der Waals surface area (Å²) in [5.74, 6) is 1.55. The summed E-state index contributed by atoms with van der Waals surface area (Å²) in [6, 6.07) is 6.27. The molecule has 2 aliphatic rings. The molecule has 0 aromatic heterocycles. The summed E-state index contributed by atoms with van der Waals surface area (Å²) in [5.41, 5.74) is 1.05. The number of hydrogen-bond donors (Lipinski definition) is 0. The van der Waals surface area contributed by atoms with E-state index in [1.54, 1.807) is 14.2 Å². The lowest BCUT2D eigenvalue weighted by atomic mass is 10.0. The molecule has 1 amide bonds. The average molecular weight is 450 g/mol. The van der Waals surface area contributed by atoms with Crippen LogP contribution < -0.4 is 9.47 Å². The molecule has 3 rings (SSSR count). The predicted octanol–water partition coefficient (Wildman–Crippen LogP) is 4.14. The first-order chi connectivity index (χ1) is 15.7. The maximum atomic E-state index is 13.3. The van der Waals surface area contributed by atoms with Gasteiger partial charge < -0.3 is 28.6 Å². The van der Waals surface area contributed by atoms with Gasteiger partial charge in [-0.15, -0.1) is 0 Å². The fourth-order valence-corrected chi connectivity index (χ4v) is 4.09. The van der Waals surface area contributed by atoms with E-state index in [-0.39, 0.29) is 18.1 Å². The molecule has 7 heteroatoms. The van der Waals surface area contributed by atoms with Gasteiger partial charge in [0.25, 0.3) is 5.91 Å². The quantitative estimate of drug-likeness (QED) is 0.398. The van der Waals surface area contributed by atoms with E-state index in [1.807, 2.05) is 23.1 Å². The lowest BCUT2D eigenvalue weighted by molar-refractivity contribution is -0.149. The Hall–Kier alpha value is -1.83. The van der Waals surface area contributed by atoms with Crippen LogP contribution in [0.4, 0.5) is 0 Å². The second kappa shape index (κ2) is 13.0. The topological polar surface area (TPSA) is 66.5 Å². The van der Waals surface area contributed by atoms with E-state index in [4.69, 9.17) is 23.7 Å². The number of ether oxygens (including phenoxy) is 5. The highest BCUT2D eigenvalue weighted by Gasteiger charge is 2.40. The Morgan fingerprint density at radius 1 is 1.00 bits per heavy atom. The number of hydrogen-bond acceptors (Lipinski definition) is 6. The summed E-state index contributed by atoms with van der Waals surface area (Å²) in [6.07, 6.45) is 6.33. The van der Waals surface area contributed by atoms with Crippen molar-refractivity contribution in [1.82, 2.24) is 4.90 Å². The molecule has 1 aliphatic heterocycles. The van der Waals surface area contributed by atoms with Crippen LogP contribution in [0.5, 0.6) is 11.5 Å². The van der Waals surface area contributed by atoms with Crippen LogP contribution in [-0.4, -0.2) is 70.2 Å². The predicted molar refractivity (Wildman–Crippen MR) is 122 cm³/mol. The minimum absolute atomic E-state index is 0.0515. The van der Waals surface area contributed by atoms with Crippen molar-refractivity contribution >= 4 is 5.91 Å². The largest absolute Gasteiger partial charge is 0.490 e. The molecule has 0 N–H and O–H groups in total. The number of rotatable bonds is 14. The molecule has 2 atom stereocenters. The van der Waals surface area contributed by atoms with Crippen LogP contribution in [-0.2, 0) is 19.0 Å². The number of methoxy groups -OCH3 is 2. The van der Waals surface area contributed by atoms with Crippen LogP contribution in [0.1, 0.15) is 63.5 Å². The average Bonchev–Trinajstić information content (AvgIpc) is 3.66. The Kier molecular flexibility index (Phi) is 10.1. The highest BCUT2D eigenvalue weighted by Crippen LogP contribution is 2.38. The summed E-state index contributed by atoms with van der Waals surface area (Å²) in [5, 5.41) is 0. The Morgan fingerprint density at radius 3 is 2.28 bits per heavy atom. The monoisotopic (exact) mass is 449 g/mol. The highest BCUT2D eigenvalue weighted by molar-refractivity contribution is 5.82. The van der Waals surface area contributed by atoms with Gasteiger partial charge in [-0.05, 0) is 56.7 Å². The zero-order chi connectivity index (χ0) is 22.8. The number of carbonyl (C=O) groups is 1. The van der Waals surface area contributed by atoms with E-state index in [0.717, 1.165) is 56.3 Å². The van der Waals surface area contributed by atoms with E-state index in [1.165, 1.54) is 0 Å². The molecule has 180 valence electrons. The van der Waals surface area contributed by atoms with Crippen molar-refractivity contribution in [2.24, 2.45) is 0 Å². The third kappa shape index (κ3) is 7.09. The molecule has 1 saturated heterocycles. The van der Waals surface area contributed by atoms with Crippen LogP contribution in [0.15, 0.2) is 18.2 Å². The molecule has 0 spiro atoms. The van der Waals surface area contributed by atoms with Crippen molar-refractivity contribution in [3.63, 3.8) is 0 Å². The highest BCUT2D eigenvalue weighted by atomic mass is 16.5. The lowest BCUT2D eigenvalue weighted by Crippen LogP contribution is -2.44. The maximum Gasteiger partial charge on any atom is 0.252 e. The number of nitrogens with zero attached hydrogens (tertiary/aromatic N) is 1. The molecular weight excluding hydrogens is 410 g/mol. The number of amides is 1. The minimum Gasteiger partial charge on any atom is -0.490 e. The summed E-state index contributed by atoms with van der Waals surface area (Å²) in [6.45, 7) is 5.18. The van der Waals surface area contributed by atoms with Crippen molar-refractivity contribution in [3.8, 4) is 11.5 Å². The fourth-order valence-electron chi connectivity index (χ4n) is 4.09. The summed E-state index contributed by atoms with van der Waals surface area (Å²) >= 11 is 0. The van der Waals surface area contributed by atoms with E-state index in [9.17, 15) is 4.79 Å². The van der Waals surface area contributed by atoms with E-state index >= 15 is 0 Å². The SMILES string of the molecule is COCCCOc1ccc([C@@H](C)N(C(=O)[C@H]2CCCCO2)C2CC2)cc1OCCCOC. The van der Waals surface area contributed by atoms with Crippen molar-refractivity contribution < 1.29 is 28.5 Å². The van der Waals surface area contributed by atoms with Gasteiger partial charge in [-0.3, -0.25) is 4.79 Å². The first kappa shape index (κ1) is 24.8. The molecule has 0 unspecified atom stereocenters. The van der Waals surface area contributed by atoms with Gasteiger partial charge in [-0.25, -0.2) is 0 Å². The molecule has 1 aromatic rings. The normalized spacial score (nSPS) is 19.4. The Bertz CT molecular complexity index is 702. The van der Waals surface area contributed by atoms with Gasteiger partial charge in [0.1, 0.15) is 6.10 Å². The number of carbonyl (C=O) groups excluding carboxylic acids is 1. The zero-order valence-electron chi connectivity index (χ0n) is 19.8. The Morgan fingerprint density at radius 2 is 1.69 bits per heavy atom. The number of benzene rings is 1. The first-order valence-corrected chi connectivity index (χ1v) is 12.0. The molecule has 1 saturated carbocycles.